The van der Waals surface area contributed by atoms with Gasteiger partial charge < -0.3 is 14.2 Å². The molecule has 1 aromatic heterocycles. The summed E-state index contributed by atoms with van der Waals surface area (Å²) in [6.45, 7) is 11.1. The standard InChI is InChI=1S/C42H64N2O3Si/c1-5-7-9-16-27-45-28-17-15-23-41-46-38-25-24-35(30-39(38)47-41)42-43-31-36(32-44-42)37-21-13-14-22-40(37)48-29-26-34(4)20-12-11-19-33(3)18-10-8-6-2/h13-14,21-22,24-25,30-34,41H,5-12,15-20,23,26-29,48H2,1-4H3. The third-order valence-corrected chi connectivity index (χ3v) is 11.8. The molecule has 3 atom stereocenters. The summed E-state index contributed by atoms with van der Waals surface area (Å²) in [5, 5.41) is 1.52. The summed E-state index contributed by atoms with van der Waals surface area (Å²) in [5.41, 5.74) is 3.35. The number of unbranched alkanes of at least 4 members (excludes halogenated alkanes) is 7. The minimum atomic E-state index is -0.360. The van der Waals surface area contributed by atoms with Gasteiger partial charge in [-0.15, -0.1) is 0 Å². The van der Waals surface area contributed by atoms with E-state index in [-0.39, 0.29) is 15.8 Å². The molecule has 3 aromatic rings. The molecule has 6 heteroatoms. The molecular formula is C42H64N2O3Si. The molecule has 0 saturated carbocycles. The van der Waals surface area contributed by atoms with Crippen LogP contribution in [-0.4, -0.2) is 39.0 Å². The first kappa shape index (κ1) is 38.1. The zero-order valence-electron chi connectivity index (χ0n) is 30.7. The summed E-state index contributed by atoms with van der Waals surface area (Å²) in [4.78, 5) is 9.58. The number of rotatable bonds is 25. The lowest BCUT2D eigenvalue weighted by atomic mass is 9.94. The number of ether oxygens (including phenoxy) is 3. The van der Waals surface area contributed by atoms with E-state index in [9.17, 15) is 0 Å². The number of nitrogens with zero attached hydrogens (tertiary/aromatic N) is 2. The first-order valence-corrected chi connectivity index (χ1v) is 21.2. The second-order valence-corrected chi connectivity index (χ2v) is 16.3. The molecule has 0 saturated heterocycles. The van der Waals surface area contributed by atoms with Crippen LogP contribution in [0, 0.1) is 11.8 Å². The second-order valence-electron chi connectivity index (χ2n) is 14.3. The fourth-order valence-corrected chi connectivity index (χ4v) is 8.98. The van der Waals surface area contributed by atoms with Crippen molar-refractivity contribution < 1.29 is 14.2 Å². The van der Waals surface area contributed by atoms with Crippen molar-refractivity contribution in [2.45, 2.75) is 143 Å². The van der Waals surface area contributed by atoms with Gasteiger partial charge in [-0.1, -0.05) is 140 Å². The van der Waals surface area contributed by atoms with E-state index in [4.69, 9.17) is 24.2 Å². The van der Waals surface area contributed by atoms with E-state index in [0.717, 1.165) is 66.9 Å². The Kier molecular flexibility index (Phi) is 17.5. The maximum absolute atomic E-state index is 6.14. The molecule has 0 amide bonds. The largest absolute Gasteiger partial charge is 0.451 e. The van der Waals surface area contributed by atoms with Gasteiger partial charge in [-0.2, -0.15) is 0 Å². The monoisotopic (exact) mass is 672 g/mol. The Morgan fingerprint density at radius 3 is 2.08 bits per heavy atom. The topological polar surface area (TPSA) is 53.5 Å². The van der Waals surface area contributed by atoms with Crippen molar-refractivity contribution in [3.63, 3.8) is 0 Å². The highest BCUT2D eigenvalue weighted by molar-refractivity contribution is 6.55. The van der Waals surface area contributed by atoms with Gasteiger partial charge in [0.25, 0.3) is 0 Å². The molecule has 4 rings (SSSR count). The minimum Gasteiger partial charge on any atom is -0.451 e. The summed E-state index contributed by atoms with van der Waals surface area (Å²) in [7, 11) is -0.360. The zero-order valence-corrected chi connectivity index (χ0v) is 32.1. The average molecular weight is 673 g/mol. The van der Waals surface area contributed by atoms with E-state index in [1.807, 2.05) is 30.6 Å². The molecule has 2 heterocycles. The first-order chi connectivity index (χ1) is 23.6. The first-order valence-electron chi connectivity index (χ1n) is 19.5. The van der Waals surface area contributed by atoms with E-state index < -0.39 is 0 Å². The van der Waals surface area contributed by atoms with E-state index in [1.54, 1.807) is 0 Å². The van der Waals surface area contributed by atoms with Gasteiger partial charge in [-0.05, 0) is 54.9 Å². The van der Waals surface area contributed by atoms with Crippen LogP contribution in [-0.2, 0) is 4.74 Å². The molecule has 3 unspecified atom stereocenters. The van der Waals surface area contributed by atoms with Crippen molar-refractivity contribution in [3.05, 3.63) is 54.9 Å². The Morgan fingerprint density at radius 2 is 1.33 bits per heavy atom. The molecule has 1 aliphatic heterocycles. The van der Waals surface area contributed by atoms with Crippen LogP contribution in [0.4, 0.5) is 0 Å². The Balaban J connectivity index is 1.19. The Hall–Kier alpha value is -2.70. The van der Waals surface area contributed by atoms with Crippen LogP contribution < -0.4 is 14.7 Å². The number of aromatic nitrogens is 2. The Bertz CT molecular complexity index is 1300. The van der Waals surface area contributed by atoms with E-state index in [2.05, 4.69) is 52.0 Å². The predicted octanol–water partition coefficient (Wildman–Crippen LogP) is 10.7. The maximum atomic E-state index is 6.14. The van der Waals surface area contributed by atoms with Crippen LogP contribution in [0.15, 0.2) is 54.9 Å². The van der Waals surface area contributed by atoms with E-state index in [1.165, 1.54) is 100 Å². The van der Waals surface area contributed by atoms with Crippen LogP contribution in [0.1, 0.15) is 130 Å². The minimum absolute atomic E-state index is 0.235. The molecule has 0 bridgehead atoms. The molecule has 0 fully saturated rings. The van der Waals surface area contributed by atoms with Crippen molar-refractivity contribution in [1.29, 1.82) is 0 Å². The second kappa shape index (κ2) is 22.1. The molecule has 264 valence electrons. The summed E-state index contributed by atoms with van der Waals surface area (Å²) in [5.74, 6) is 4.01. The lowest BCUT2D eigenvalue weighted by molar-refractivity contribution is 0.0366. The number of benzene rings is 2. The van der Waals surface area contributed by atoms with Crippen LogP contribution in [0.25, 0.3) is 22.5 Å². The van der Waals surface area contributed by atoms with Crippen molar-refractivity contribution in [2.75, 3.05) is 13.2 Å². The van der Waals surface area contributed by atoms with Crippen molar-refractivity contribution in [3.8, 4) is 34.0 Å². The van der Waals surface area contributed by atoms with Crippen LogP contribution in [0.5, 0.6) is 11.5 Å². The van der Waals surface area contributed by atoms with Gasteiger partial charge in [0.2, 0.25) is 6.29 Å². The SMILES string of the molecule is CCCCCCOCCCCC1Oc2ccc(-c3ncc(-c4ccccc4[SiH2]CCC(C)CCCCC(C)CCCCC)cn3)cc2O1. The fraction of sp³-hybridized carbons (Fsp3) is 0.619. The van der Waals surface area contributed by atoms with Crippen molar-refractivity contribution >= 4 is 14.7 Å². The van der Waals surface area contributed by atoms with Gasteiger partial charge in [0.05, 0.1) is 9.52 Å². The molecule has 0 aliphatic carbocycles. The molecule has 0 N–H and O–H groups in total. The third-order valence-electron chi connectivity index (χ3n) is 9.91. The summed E-state index contributed by atoms with van der Waals surface area (Å²) in [6, 6.07) is 16.3. The quantitative estimate of drug-likeness (QED) is 0.0662. The van der Waals surface area contributed by atoms with Crippen LogP contribution in [0.2, 0.25) is 6.04 Å². The highest BCUT2D eigenvalue weighted by atomic mass is 28.2. The molecule has 1 aliphatic rings. The highest BCUT2D eigenvalue weighted by Gasteiger charge is 2.24. The van der Waals surface area contributed by atoms with Crippen molar-refractivity contribution in [2.24, 2.45) is 11.8 Å². The number of hydrogen-bond donors (Lipinski definition) is 0. The Labute approximate surface area is 294 Å². The molecule has 5 nitrogen and oxygen atoms in total. The smallest absolute Gasteiger partial charge is 0.241 e. The van der Waals surface area contributed by atoms with Gasteiger partial charge in [0.1, 0.15) is 0 Å². The van der Waals surface area contributed by atoms with Gasteiger partial charge in [-0.3, -0.25) is 0 Å². The van der Waals surface area contributed by atoms with Gasteiger partial charge in [-0.25, -0.2) is 9.97 Å². The predicted molar refractivity (Wildman–Crippen MR) is 205 cm³/mol. The van der Waals surface area contributed by atoms with Gasteiger partial charge >= 0.3 is 0 Å². The molecule has 0 radical (unpaired) electrons. The van der Waals surface area contributed by atoms with Crippen LogP contribution in [0.3, 0.4) is 0 Å². The number of fused-ring (bicyclic) bond motifs is 1. The zero-order chi connectivity index (χ0) is 33.8. The fourth-order valence-electron chi connectivity index (χ4n) is 6.80. The molecule has 48 heavy (non-hydrogen) atoms. The lowest BCUT2D eigenvalue weighted by Crippen LogP contribution is -2.17. The summed E-state index contributed by atoms with van der Waals surface area (Å²) >= 11 is 0. The molecular weight excluding hydrogens is 609 g/mol. The third kappa shape index (κ3) is 13.3. The lowest BCUT2D eigenvalue weighted by Gasteiger charge is -2.14. The summed E-state index contributed by atoms with van der Waals surface area (Å²) in [6.07, 6.45) is 24.1. The maximum Gasteiger partial charge on any atom is 0.241 e. The number of hydrogen-bond acceptors (Lipinski definition) is 5. The Morgan fingerprint density at radius 1 is 0.688 bits per heavy atom. The molecule has 0 spiro atoms. The highest BCUT2D eigenvalue weighted by Crippen LogP contribution is 2.38. The molecule has 2 aromatic carbocycles. The van der Waals surface area contributed by atoms with Gasteiger partial charge in [0, 0.05) is 43.2 Å². The van der Waals surface area contributed by atoms with Crippen molar-refractivity contribution in [1.82, 2.24) is 9.97 Å². The van der Waals surface area contributed by atoms with E-state index in [0.29, 0.717) is 5.82 Å². The normalized spacial score (nSPS) is 15.4. The van der Waals surface area contributed by atoms with E-state index >= 15 is 0 Å². The average Bonchev–Trinajstić information content (AvgIpc) is 3.52. The summed E-state index contributed by atoms with van der Waals surface area (Å²) < 4.78 is 18.0. The van der Waals surface area contributed by atoms with Crippen LogP contribution >= 0.6 is 0 Å². The van der Waals surface area contributed by atoms with Gasteiger partial charge in [0.15, 0.2) is 17.3 Å².